The van der Waals surface area contributed by atoms with E-state index in [1.807, 2.05) is 30.3 Å². The molecule has 0 saturated heterocycles. The third-order valence-corrected chi connectivity index (χ3v) is 3.81. The van der Waals surface area contributed by atoms with E-state index in [2.05, 4.69) is 4.72 Å². The molecule has 2 aromatic rings. The van der Waals surface area contributed by atoms with Crippen LogP contribution in [0, 0.1) is 0 Å². The fourth-order valence-corrected chi connectivity index (χ4v) is 2.57. The normalized spacial score (nSPS) is 11.5. The van der Waals surface area contributed by atoms with Crippen LogP contribution in [0.25, 0.3) is 6.08 Å². The second-order valence-corrected chi connectivity index (χ2v) is 6.06. The summed E-state index contributed by atoms with van der Waals surface area (Å²) in [5.41, 5.74) is 1.75. The molecule has 2 rings (SSSR count). The minimum Gasteiger partial charge on any atom is -0.295 e. The van der Waals surface area contributed by atoms with Crippen molar-refractivity contribution in [3.63, 3.8) is 0 Å². The Morgan fingerprint density at radius 1 is 1.00 bits per heavy atom. The molecule has 0 aliphatic rings. The van der Waals surface area contributed by atoms with E-state index in [1.54, 1.807) is 24.3 Å². The molecule has 2 aromatic carbocycles. The zero-order valence-electron chi connectivity index (χ0n) is 11.5. The summed E-state index contributed by atoms with van der Waals surface area (Å²) in [4.78, 5) is 11.2. The van der Waals surface area contributed by atoms with Gasteiger partial charge in [0, 0.05) is 11.3 Å². The number of sulfonamides is 1. The summed E-state index contributed by atoms with van der Waals surface area (Å²) in [7, 11) is -3.58. The van der Waals surface area contributed by atoms with Gasteiger partial charge in [0.15, 0.2) is 5.78 Å². The summed E-state index contributed by atoms with van der Waals surface area (Å²) >= 11 is 0. The number of nitrogens with one attached hydrogen (secondary N) is 1. The van der Waals surface area contributed by atoms with Crippen LogP contribution < -0.4 is 4.72 Å². The van der Waals surface area contributed by atoms with Crippen molar-refractivity contribution >= 4 is 27.6 Å². The number of benzene rings is 2. The first-order valence-corrected chi connectivity index (χ1v) is 7.88. The summed E-state index contributed by atoms with van der Waals surface area (Å²) in [6.07, 6.45) is 1.52. The van der Waals surface area contributed by atoms with E-state index < -0.39 is 10.0 Å². The first kappa shape index (κ1) is 15.0. The largest absolute Gasteiger partial charge is 0.295 e. The van der Waals surface area contributed by atoms with Crippen LogP contribution in [0.3, 0.4) is 0 Å². The van der Waals surface area contributed by atoms with Crippen molar-refractivity contribution < 1.29 is 13.2 Å². The first-order chi connectivity index (χ1) is 9.96. The van der Waals surface area contributed by atoms with Crippen LogP contribution in [0.4, 0.5) is 5.69 Å². The Kier molecular flexibility index (Phi) is 4.55. The molecule has 0 spiro atoms. The maximum absolute atomic E-state index is 11.9. The Labute approximate surface area is 124 Å². The van der Waals surface area contributed by atoms with E-state index in [4.69, 9.17) is 0 Å². The smallest absolute Gasteiger partial charge is 0.255 e. The van der Waals surface area contributed by atoms with Crippen molar-refractivity contribution in [2.75, 3.05) is 4.72 Å². The standard InChI is InChI=1S/C16H15NO3S/c1-13(18)15-7-9-16(10-8-15)17-21(19,20)12-11-14-5-3-2-4-6-14/h2-12,17H,1H3. The third kappa shape index (κ3) is 4.57. The van der Waals surface area contributed by atoms with Gasteiger partial charge in [-0.05, 0) is 42.8 Å². The highest BCUT2D eigenvalue weighted by atomic mass is 32.2. The Hall–Kier alpha value is -2.40. The van der Waals surface area contributed by atoms with E-state index in [0.717, 1.165) is 11.0 Å². The Morgan fingerprint density at radius 2 is 1.62 bits per heavy atom. The highest BCUT2D eigenvalue weighted by molar-refractivity contribution is 7.95. The van der Waals surface area contributed by atoms with Gasteiger partial charge in [-0.1, -0.05) is 30.3 Å². The number of ketones is 1. The third-order valence-electron chi connectivity index (χ3n) is 2.79. The average Bonchev–Trinajstić information content (AvgIpc) is 2.46. The van der Waals surface area contributed by atoms with Crippen LogP contribution in [-0.2, 0) is 10.0 Å². The number of carbonyl (C=O) groups excluding carboxylic acids is 1. The molecule has 0 aliphatic heterocycles. The second-order valence-electron chi connectivity index (χ2n) is 4.49. The number of carbonyl (C=O) groups is 1. The summed E-state index contributed by atoms with van der Waals surface area (Å²) in [6, 6.07) is 15.4. The molecule has 0 aromatic heterocycles. The van der Waals surface area contributed by atoms with Gasteiger partial charge in [0.2, 0.25) is 0 Å². The molecule has 0 heterocycles. The van der Waals surface area contributed by atoms with E-state index in [0.29, 0.717) is 11.3 Å². The SMILES string of the molecule is CC(=O)c1ccc(NS(=O)(=O)C=Cc2ccccc2)cc1. The molecule has 0 radical (unpaired) electrons. The van der Waals surface area contributed by atoms with Crippen LogP contribution >= 0.6 is 0 Å². The highest BCUT2D eigenvalue weighted by Gasteiger charge is 2.06. The number of hydrogen-bond acceptors (Lipinski definition) is 3. The van der Waals surface area contributed by atoms with Gasteiger partial charge in [-0.3, -0.25) is 9.52 Å². The zero-order chi connectivity index (χ0) is 15.3. The van der Waals surface area contributed by atoms with Crippen molar-refractivity contribution in [3.05, 3.63) is 71.1 Å². The van der Waals surface area contributed by atoms with Crippen molar-refractivity contribution in [1.29, 1.82) is 0 Å². The molecule has 1 N–H and O–H groups in total. The summed E-state index contributed by atoms with van der Waals surface area (Å²) in [6.45, 7) is 1.46. The lowest BCUT2D eigenvalue weighted by molar-refractivity contribution is 0.101. The quantitative estimate of drug-likeness (QED) is 0.862. The highest BCUT2D eigenvalue weighted by Crippen LogP contribution is 2.13. The predicted octanol–water partition coefficient (Wildman–Crippen LogP) is 3.30. The summed E-state index contributed by atoms with van der Waals surface area (Å²) in [5, 5.41) is 1.11. The molecule has 0 amide bonds. The molecule has 5 heteroatoms. The van der Waals surface area contributed by atoms with Gasteiger partial charge < -0.3 is 0 Å². The van der Waals surface area contributed by atoms with E-state index in [-0.39, 0.29) is 5.78 Å². The Balaban J connectivity index is 2.10. The van der Waals surface area contributed by atoms with Crippen molar-refractivity contribution in [3.8, 4) is 0 Å². The van der Waals surface area contributed by atoms with Gasteiger partial charge in [-0.25, -0.2) is 8.42 Å². The molecule has 21 heavy (non-hydrogen) atoms. The van der Waals surface area contributed by atoms with Gasteiger partial charge in [0.25, 0.3) is 10.0 Å². The van der Waals surface area contributed by atoms with Gasteiger partial charge in [0.05, 0.1) is 5.41 Å². The van der Waals surface area contributed by atoms with Crippen LogP contribution in [0.15, 0.2) is 60.0 Å². The van der Waals surface area contributed by atoms with E-state index >= 15 is 0 Å². The predicted molar refractivity (Wildman–Crippen MR) is 84.5 cm³/mol. The van der Waals surface area contributed by atoms with E-state index in [9.17, 15) is 13.2 Å². The Morgan fingerprint density at radius 3 is 2.19 bits per heavy atom. The molecule has 4 nitrogen and oxygen atoms in total. The number of rotatable bonds is 5. The average molecular weight is 301 g/mol. The fraction of sp³-hybridized carbons (Fsp3) is 0.0625. The number of hydrogen-bond donors (Lipinski definition) is 1. The van der Waals surface area contributed by atoms with Crippen LogP contribution in [-0.4, -0.2) is 14.2 Å². The number of anilines is 1. The maximum Gasteiger partial charge on any atom is 0.255 e. The molecule has 0 unspecified atom stereocenters. The molecular formula is C16H15NO3S. The molecular weight excluding hydrogens is 286 g/mol. The van der Waals surface area contributed by atoms with Crippen molar-refractivity contribution in [2.45, 2.75) is 6.92 Å². The Bertz CT molecular complexity index is 748. The van der Waals surface area contributed by atoms with Gasteiger partial charge >= 0.3 is 0 Å². The molecule has 0 fully saturated rings. The lowest BCUT2D eigenvalue weighted by atomic mass is 10.1. The minimum atomic E-state index is -3.58. The monoisotopic (exact) mass is 301 g/mol. The van der Waals surface area contributed by atoms with Crippen LogP contribution in [0.2, 0.25) is 0 Å². The second kappa shape index (κ2) is 6.37. The summed E-state index contributed by atoms with van der Waals surface area (Å²) in [5.74, 6) is -0.0617. The van der Waals surface area contributed by atoms with Crippen molar-refractivity contribution in [1.82, 2.24) is 0 Å². The van der Waals surface area contributed by atoms with E-state index in [1.165, 1.54) is 13.0 Å². The molecule has 0 saturated carbocycles. The van der Waals surface area contributed by atoms with Crippen LogP contribution in [0.5, 0.6) is 0 Å². The summed E-state index contributed by atoms with van der Waals surface area (Å²) < 4.78 is 26.3. The zero-order valence-corrected chi connectivity index (χ0v) is 12.3. The van der Waals surface area contributed by atoms with Gasteiger partial charge in [-0.2, -0.15) is 0 Å². The molecule has 108 valence electrons. The first-order valence-electron chi connectivity index (χ1n) is 6.33. The lowest BCUT2D eigenvalue weighted by Gasteiger charge is -2.05. The fourth-order valence-electron chi connectivity index (χ4n) is 1.70. The van der Waals surface area contributed by atoms with Gasteiger partial charge in [-0.15, -0.1) is 0 Å². The molecule has 0 atom stereocenters. The maximum atomic E-state index is 11.9. The van der Waals surface area contributed by atoms with Gasteiger partial charge in [0.1, 0.15) is 0 Å². The lowest BCUT2D eigenvalue weighted by Crippen LogP contribution is -2.08. The van der Waals surface area contributed by atoms with Crippen molar-refractivity contribution in [2.24, 2.45) is 0 Å². The molecule has 0 bridgehead atoms. The topological polar surface area (TPSA) is 63.2 Å². The minimum absolute atomic E-state index is 0.0617. The molecule has 0 aliphatic carbocycles. The number of Topliss-reactive ketones (excluding diaryl/α,β-unsaturated/α-hetero) is 1. The van der Waals surface area contributed by atoms with Crippen LogP contribution in [0.1, 0.15) is 22.8 Å².